The van der Waals surface area contributed by atoms with Gasteiger partial charge in [-0.05, 0) is 55.3 Å². The third-order valence-corrected chi connectivity index (χ3v) is 7.93. The molecule has 156 valence electrons. The van der Waals surface area contributed by atoms with Crippen LogP contribution in [0.15, 0.2) is 40.6 Å². The van der Waals surface area contributed by atoms with Gasteiger partial charge in [0, 0.05) is 24.0 Å². The monoisotopic (exact) mass is 435 g/mol. The maximum atomic E-state index is 13.2. The van der Waals surface area contributed by atoms with Crippen molar-refractivity contribution in [3.05, 3.63) is 51.7 Å². The zero-order chi connectivity index (χ0) is 21.0. The third kappa shape index (κ3) is 5.04. The lowest BCUT2D eigenvalue weighted by molar-refractivity contribution is -0.139. The lowest BCUT2D eigenvalue weighted by atomic mass is 10.2. The summed E-state index contributed by atoms with van der Waals surface area (Å²) in [4.78, 5) is 25.3. The van der Waals surface area contributed by atoms with Gasteiger partial charge in [-0.2, -0.15) is 4.31 Å². The molecule has 2 aromatic rings. The maximum Gasteiger partial charge on any atom is 0.309 e. The summed E-state index contributed by atoms with van der Waals surface area (Å²) in [7, 11) is -3.67. The van der Waals surface area contributed by atoms with Gasteiger partial charge >= 0.3 is 11.8 Å². The Morgan fingerprint density at radius 1 is 1.17 bits per heavy atom. The number of benzene rings is 1. The molecule has 2 heterocycles. The fourth-order valence-electron chi connectivity index (χ4n) is 3.39. The highest BCUT2D eigenvalue weighted by Crippen LogP contribution is 2.28. The Morgan fingerprint density at radius 2 is 1.93 bits per heavy atom. The molecule has 2 N–H and O–H groups in total. The average Bonchev–Trinajstić information content (AvgIpc) is 3.37. The number of amides is 2. The van der Waals surface area contributed by atoms with Gasteiger partial charge in [0.15, 0.2) is 0 Å². The molecule has 0 spiro atoms. The molecule has 2 amide bonds. The molecule has 0 saturated carbocycles. The van der Waals surface area contributed by atoms with Crippen LogP contribution in [0.4, 0.5) is 0 Å². The Morgan fingerprint density at radius 3 is 2.66 bits per heavy atom. The molecule has 7 nitrogen and oxygen atoms in total. The number of rotatable bonds is 6. The fourth-order valence-corrected chi connectivity index (χ4v) is 6.04. The predicted octanol–water partition coefficient (Wildman–Crippen LogP) is 1.95. The lowest BCUT2D eigenvalue weighted by Crippen LogP contribution is -2.46. The van der Waals surface area contributed by atoms with Crippen LogP contribution >= 0.6 is 11.3 Å². The van der Waals surface area contributed by atoms with E-state index in [0.717, 1.165) is 16.9 Å². The van der Waals surface area contributed by atoms with Crippen LogP contribution in [0.25, 0.3) is 0 Å². The van der Waals surface area contributed by atoms with Crippen LogP contribution < -0.4 is 10.6 Å². The Kier molecular flexibility index (Phi) is 6.71. The van der Waals surface area contributed by atoms with Gasteiger partial charge in [-0.1, -0.05) is 18.2 Å². The van der Waals surface area contributed by atoms with Crippen LogP contribution in [0.2, 0.25) is 0 Å². The van der Waals surface area contributed by atoms with E-state index in [1.165, 1.54) is 15.6 Å². The molecule has 1 saturated heterocycles. The largest absolute Gasteiger partial charge is 0.346 e. The van der Waals surface area contributed by atoms with Gasteiger partial charge in [0.05, 0.1) is 11.4 Å². The minimum absolute atomic E-state index is 0.106. The second-order valence-electron chi connectivity index (χ2n) is 7.15. The van der Waals surface area contributed by atoms with Gasteiger partial charge in [-0.3, -0.25) is 9.59 Å². The number of hydrogen-bond donors (Lipinski definition) is 2. The molecule has 0 radical (unpaired) electrons. The van der Waals surface area contributed by atoms with Crippen molar-refractivity contribution >= 4 is 33.2 Å². The first kappa shape index (κ1) is 21.5. The number of thiophene rings is 1. The first-order valence-corrected chi connectivity index (χ1v) is 11.8. The van der Waals surface area contributed by atoms with Crippen molar-refractivity contribution in [1.29, 1.82) is 0 Å². The Hall–Kier alpha value is -2.23. The van der Waals surface area contributed by atoms with E-state index in [1.54, 1.807) is 19.1 Å². The minimum Gasteiger partial charge on any atom is -0.346 e. The first-order valence-electron chi connectivity index (χ1n) is 9.46. The van der Waals surface area contributed by atoms with E-state index in [0.29, 0.717) is 30.0 Å². The molecule has 0 aliphatic carbocycles. The summed E-state index contributed by atoms with van der Waals surface area (Å²) in [6.07, 6.45) is 1.36. The number of hydrogen-bond acceptors (Lipinski definition) is 5. The molecule has 1 aliphatic rings. The average molecular weight is 436 g/mol. The summed E-state index contributed by atoms with van der Waals surface area (Å²) >= 11 is 1.49. The highest BCUT2D eigenvalue weighted by Gasteiger charge is 2.36. The highest BCUT2D eigenvalue weighted by atomic mass is 32.2. The molecule has 29 heavy (non-hydrogen) atoms. The smallest absolute Gasteiger partial charge is 0.309 e. The topological polar surface area (TPSA) is 95.6 Å². The summed E-state index contributed by atoms with van der Waals surface area (Å²) in [6, 6.07) is 8.73. The zero-order valence-corrected chi connectivity index (χ0v) is 18.1. The van der Waals surface area contributed by atoms with Gasteiger partial charge in [0.1, 0.15) is 0 Å². The summed E-state index contributed by atoms with van der Waals surface area (Å²) in [5.74, 6) is -1.47. The van der Waals surface area contributed by atoms with Crippen molar-refractivity contribution in [2.75, 3.05) is 13.1 Å². The molecular weight excluding hydrogens is 410 g/mol. The van der Waals surface area contributed by atoms with E-state index in [2.05, 4.69) is 10.6 Å². The minimum atomic E-state index is -3.67. The van der Waals surface area contributed by atoms with Crippen LogP contribution in [0.3, 0.4) is 0 Å². The number of sulfonamides is 1. The molecule has 9 heteroatoms. The van der Waals surface area contributed by atoms with Gasteiger partial charge in [-0.25, -0.2) is 8.42 Å². The maximum absolute atomic E-state index is 13.2. The van der Waals surface area contributed by atoms with Crippen molar-refractivity contribution in [2.45, 2.75) is 44.2 Å². The SMILES string of the molecule is Cc1ccc(C)c(S(=O)(=O)N2CCC[C@@H]2CNC(=O)C(=O)NCc2cccs2)c1. The molecule has 1 atom stereocenters. The van der Waals surface area contributed by atoms with E-state index in [1.807, 2.05) is 30.5 Å². The normalized spacial score (nSPS) is 17.2. The van der Waals surface area contributed by atoms with Crippen molar-refractivity contribution in [2.24, 2.45) is 0 Å². The quantitative estimate of drug-likeness (QED) is 0.678. The van der Waals surface area contributed by atoms with Crippen molar-refractivity contribution in [1.82, 2.24) is 14.9 Å². The van der Waals surface area contributed by atoms with E-state index in [-0.39, 0.29) is 12.6 Å². The summed E-state index contributed by atoms with van der Waals surface area (Å²) in [5.41, 5.74) is 1.57. The van der Waals surface area contributed by atoms with E-state index in [4.69, 9.17) is 0 Å². The molecule has 0 bridgehead atoms. The summed E-state index contributed by atoms with van der Waals surface area (Å²) < 4.78 is 27.8. The van der Waals surface area contributed by atoms with Gasteiger partial charge in [0.2, 0.25) is 10.0 Å². The molecular formula is C20H25N3O4S2. The second-order valence-corrected chi connectivity index (χ2v) is 10.0. The Balaban J connectivity index is 1.61. The van der Waals surface area contributed by atoms with Crippen LogP contribution in [0, 0.1) is 13.8 Å². The number of nitrogens with one attached hydrogen (secondary N) is 2. The third-order valence-electron chi connectivity index (χ3n) is 4.96. The fraction of sp³-hybridized carbons (Fsp3) is 0.400. The predicted molar refractivity (Wildman–Crippen MR) is 112 cm³/mol. The zero-order valence-electron chi connectivity index (χ0n) is 16.5. The Bertz CT molecular complexity index is 987. The molecule has 3 rings (SSSR count). The lowest BCUT2D eigenvalue weighted by Gasteiger charge is -2.25. The summed E-state index contributed by atoms with van der Waals surface area (Å²) in [6.45, 7) is 4.43. The molecule has 1 fully saturated rings. The molecule has 1 aliphatic heterocycles. The second kappa shape index (κ2) is 9.06. The van der Waals surface area contributed by atoms with E-state index >= 15 is 0 Å². The summed E-state index contributed by atoms with van der Waals surface area (Å²) in [5, 5.41) is 7.04. The van der Waals surface area contributed by atoms with E-state index in [9.17, 15) is 18.0 Å². The van der Waals surface area contributed by atoms with Crippen LogP contribution in [0.1, 0.15) is 28.8 Å². The molecule has 1 aromatic heterocycles. The van der Waals surface area contributed by atoms with Crippen LogP contribution in [-0.2, 0) is 26.2 Å². The number of nitrogens with zero attached hydrogens (tertiary/aromatic N) is 1. The Labute approximate surface area is 175 Å². The highest BCUT2D eigenvalue weighted by molar-refractivity contribution is 7.89. The number of carbonyl (C=O) groups excluding carboxylic acids is 2. The van der Waals surface area contributed by atoms with Crippen LogP contribution in [-0.4, -0.2) is 43.7 Å². The van der Waals surface area contributed by atoms with Gasteiger partial charge < -0.3 is 10.6 Å². The van der Waals surface area contributed by atoms with Crippen LogP contribution in [0.5, 0.6) is 0 Å². The van der Waals surface area contributed by atoms with Crippen molar-refractivity contribution in [3.63, 3.8) is 0 Å². The van der Waals surface area contributed by atoms with Gasteiger partial charge in [-0.15, -0.1) is 11.3 Å². The molecule has 1 aromatic carbocycles. The standard InChI is InChI=1S/C20H25N3O4S2/c1-14-7-8-15(2)18(11-14)29(26,27)23-9-3-5-16(23)12-21-19(24)20(25)22-13-17-6-4-10-28-17/h4,6-8,10-11,16H,3,5,9,12-13H2,1-2H3,(H,21,24)(H,22,25)/t16-/m1/s1. The number of aryl methyl sites for hydroxylation is 2. The molecule has 0 unspecified atom stereocenters. The van der Waals surface area contributed by atoms with Gasteiger partial charge in [0.25, 0.3) is 0 Å². The van der Waals surface area contributed by atoms with Crippen molar-refractivity contribution < 1.29 is 18.0 Å². The first-order chi connectivity index (χ1) is 13.8. The van der Waals surface area contributed by atoms with Crippen molar-refractivity contribution in [3.8, 4) is 0 Å². The van der Waals surface area contributed by atoms with E-state index < -0.39 is 21.8 Å². The number of carbonyl (C=O) groups is 2.